The molecule has 8 heteroatoms. The number of aryl methyl sites for hydroxylation is 1. The van der Waals surface area contributed by atoms with Crippen molar-refractivity contribution in [3.05, 3.63) is 16.0 Å². The third-order valence-electron chi connectivity index (χ3n) is 1.94. The second kappa shape index (κ2) is 6.49. The summed E-state index contributed by atoms with van der Waals surface area (Å²) in [7, 11) is -1.92. The van der Waals surface area contributed by atoms with Crippen LogP contribution in [0.15, 0.2) is 10.3 Å². The van der Waals surface area contributed by atoms with Crippen LogP contribution >= 0.6 is 38.9 Å². The van der Waals surface area contributed by atoms with Crippen molar-refractivity contribution in [3.63, 3.8) is 0 Å². The van der Waals surface area contributed by atoms with E-state index in [1.165, 1.54) is 0 Å². The third-order valence-corrected chi connectivity index (χ3v) is 5.98. The molecule has 17 heavy (non-hydrogen) atoms. The van der Waals surface area contributed by atoms with Crippen molar-refractivity contribution in [1.82, 2.24) is 4.72 Å². The maximum atomic E-state index is 11.9. The highest BCUT2D eigenvalue weighted by atomic mass is 79.9. The largest absolute Gasteiger partial charge is 0.383 e. The minimum Gasteiger partial charge on any atom is -0.383 e. The van der Waals surface area contributed by atoms with Gasteiger partial charge in [0.2, 0.25) is 10.0 Å². The minimum absolute atomic E-state index is 0.0567. The quantitative estimate of drug-likeness (QED) is 0.791. The summed E-state index contributed by atoms with van der Waals surface area (Å²) in [6.45, 7) is 2.48. The smallest absolute Gasteiger partial charge is 0.250 e. The molecule has 0 aromatic carbocycles. The molecule has 1 N–H and O–H groups in total. The molecule has 0 aliphatic rings. The highest BCUT2D eigenvalue weighted by Gasteiger charge is 2.19. The molecule has 98 valence electrons. The number of rotatable bonds is 6. The molecule has 1 heterocycles. The lowest BCUT2D eigenvalue weighted by Crippen LogP contribution is -2.31. The van der Waals surface area contributed by atoms with Crippen LogP contribution < -0.4 is 4.72 Å². The van der Waals surface area contributed by atoms with E-state index in [1.54, 1.807) is 20.1 Å². The van der Waals surface area contributed by atoms with E-state index >= 15 is 0 Å². The number of nitrogens with one attached hydrogen (secondary N) is 1. The molecule has 0 bridgehead atoms. The Kier molecular flexibility index (Phi) is 5.88. The zero-order chi connectivity index (χ0) is 13.1. The number of ether oxygens (including phenoxy) is 1. The Morgan fingerprint density at radius 2 is 2.29 bits per heavy atom. The normalized spacial score (nSPS) is 13.9. The molecular formula is C9H13BrClNO3S2. The van der Waals surface area contributed by atoms with Gasteiger partial charge < -0.3 is 4.74 Å². The zero-order valence-corrected chi connectivity index (χ0v) is 13.3. The fourth-order valence-electron chi connectivity index (χ4n) is 1.08. The molecule has 1 aromatic rings. The van der Waals surface area contributed by atoms with Gasteiger partial charge in [0, 0.05) is 13.7 Å². The zero-order valence-electron chi connectivity index (χ0n) is 9.37. The lowest BCUT2D eigenvalue weighted by molar-refractivity contribution is 0.201. The summed E-state index contributed by atoms with van der Waals surface area (Å²) in [5, 5.41) is 0. The number of hydrogen-bond acceptors (Lipinski definition) is 4. The van der Waals surface area contributed by atoms with Crippen LogP contribution in [-0.4, -0.2) is 33.5 Å². The molecule has 0 fully saturated rings. The minimum atomic E-state index is -3.48. The molecule has 1 atom stereocenters. The summed E-state index contributed by atoms with van der Waals surface area (Å²) in [6, 6.07) is 1.56. The number of halogens is 2. The first kappa shape index (κ1) is 15.4. The molecular weight excluding hydrogens is 350 g/mol. The van der Waals surface area contributed by atoms with Gasteiger partial charge in [0.1, 0.15) is 4.21 Å². The SMILES string of the molecule is COCC(Br)CNS(=O)(=O)c1cc(C)c(Cl)s1. The van der Waals surface area contributed by atoms with Crippen molar-refractivity contribution in [2.24, 2.45) is 0 Å². The standard InChI is InChI=1S/C9H13BrClNO3S2/c1-6-3-8(16-9(6)11)17(13,14)12-4-7(10)5-15-2/h3,7,12H,4-5H2,1-2H3. The van der Waals surface area contributed by atoms with Gasteiger partial charge >= 0.3 is 0 Å². The third kappa shape index (κ3) is 4.50. The highest BCUT2D eigenvalue weighted by molar-refractivity contribution is 9.09. The number of sulfonamides is 1. The van der Waals surface area contributed by atoms with Crippen molar-refractivity contribution < 1.29 is 13.2 Å². The predicted molar refractivity (Wildman–Crippen MR) is 73.8 cm³/mol. The number of methoxy groups -OCH3 is 1. The average molecular weight is 363 g/mol. The number of alkyl halides is 1. The second-order valence-electron chi connectivity index (χ2n) is 3.43. The molecule has 1 aromatic heterocycles. The van der Waals surface area contributed by atoms with Crippen LogP contribution in [0.25, 0.3) is 0 Å². The Balaban J connectivity index is 2.69. The maximum absolute atomic E-state index is 11.9. The van der Waals surface area contributed by atoms with E-state index in [0.717, 1.165) is 16.9 Å². The summed E-state index contributed by atoms with van der Waals surface area (Å²) in [4.78, 5) is -0.0567. The molecule has 0 saturated heterocycles. The Bertz CT molecular complexity index is 455. The van der Waals surface area contributed by atoms with Gasteiger partial charge in [0.15, 0.2) is 0 Å². The molecule has 0 aliphatic carbocycles. The molecule has 0 saturated carbocycles. The lowest BCUT2D eigenvalue weighted by Gasteiger charge is -2.09. The monoisotopic (exact) mass is 361 g/mol. The van der Waals surface area contributed by atoms with E-state index in [0.29, 0.717) is 10.9 Å². The first-order chi connectivity index (χ1) is 7.86. The van der Waals surface area contributed by atoms with Crippen LogP contribution in [0.5, 0.6) is 0 Å². The van der Waals surface area contributed by atoms with Crippen LogP contribution in [0.3, 0.4) is 0 Å². The van der Waals surface area contributed by atoms with Gasteiger partial charge in [-0.05, 0) is 18.6 Å². The van der Waals surface area contributed by atoms with E-state index in [2.05, 4.69) is 20.7 Å². The van der Waals surface area contributed by atoms with Gasteiger partial charge in [-0.25, -0.2) is 13.1 Å². The molecule has 1 rings (SSSR count). The number of thiophene rings is 1. The van der Waals surface area contributed by atoms with Crippen LogP contribution in [0.4, 0.5) is 0 Å². The molecule has 0 aliphatic heterocycles. The molecule has 1 unspecified atom stereocenters. The van der Waals surface area contributed by atoms with Gasteiger partial charge in [-0.1, -0.05) is 27.5 Å². The average Bonchev–Trinajstić information content (AvgIpc) is 2.58. The van der Waals surface area contributed by atoms with E-state index in [1.807, 2.05) is 0 Å². The summed E-state index contributed by atoms with van der Waals surface area (Å²) in [6.07, 6.45) is 0. The van der Waals surface area contributed by atoms with E-state index < -0.39 is 10.0 Å². The van der Waals surface area contributed by atoms with Crippen LogP contribution in [0.1, 0.15) is 5.56 Å². The summed E-state index contributed by atoms with van der Waals surface area (Å²) in [5.41, 5.74) is 0.768. The van der Waals surface area contributed by atoms with Crippen molar-refractivity contribution in [3.8, 4) is 0 Å². The van der Waals surface area contributed by atoms with Gasteiger partial charge in [0.05, 0.1) is 15.8 Å². The first-order valence-corrected chi connectivity index (χ1v) is 8.34. The predicted octanol–water partition coefficient (Wildman–Crippen LogP) is 2.40. The van der Waals surface area contributed by atoms with E-state index in [4.69, 9.17) is 16.3 Å². The Morgan fingerprint density at radius 1 is 1.65 bits per heavy atom. The van der Waals surface area contributed by atoms with Gasteiger partial charge in [-0.15, -0.1) is 11.3 Å². The highest BCUT2D eigenvalue weighted by Crippen LogP contribution is 2.29. The van der Waals surface area contributed by atoms with Crippen molar-refractivity contribution in [2.45, 2.75) is 16.0 Å². The molecule has 0 radical (unpaired) electrons. The Hall–Kier alpha value is 0.340. The Labute approximate surface area is 118 Å². The van der Waals surface area contributed by atoms with Crippen LogP contribution in [0.2, 0.25) is 4.34 Å². The van der Waals surface area contributed by atoms with Crippen LogP contribution in [0, 0.1) is 6.92 Å². The van der Waals surface area contributed by atoms with Gasteiger partial charge in [-0.2, -0.15) is 0 Å². The topological polar surface area (TPSA) is 55.4 Å². The maximum Gasteiger partial charge on any atom is 0.250 e. The lowest BCUT2D eigenvalue weighted by atomic mass is 10.4. The van der Waals surface area contributed by atoms with Gasteiger partial charge in [0.25, 0.3) is 0 Å². The summed E-state index contributed by atoms with van der Waals surface area (Å²) < 4.78 is 31.9. The van der Waals surface area contributed by atoms with Crippen molar-refractivity contribution in [2.75, 3.05) is 20.3 Å². The van der Waals surface area contributed by atoms with Crippen molar-refractivity contribution in [1.29, 1.82) is 0 Å². The first-order valence-electron chi connectivity index (χ1n) is 4.75. The molecule has 0 amide bonds. The fourth-order valence-corrected chi connectivity index (χ4v) is 4.55. The number of hydrogen-bond donors (Lipinski definition) is 1. The second-order valence-corrected chi connectivity index (χ2v) is 8.37. The molecule has 4 nitrogen and oxygen atoms in total. The van der Waals surface area contributed by atoms with Crippen LogP contribution in [-0.2, 0) is 14.8 Å². The molecule has 0 spiro atoms. The Morgan fingerprint density at radius 3 is 2.76 bits per heavy atom. The summed E-state index contributed by atoms with van der Waals surface area (Å²) >= 11 is 10.2. The van der Waals surface area contributed by atoms with Gasteiger partial charge in [-0.3, -0.25) is 0 Å². The van der Waals surface area contributed by atoms with E-state index in [-0.39, 0.29) is 15.6 Å². The van der Waals surface area contributed by atoms with Crippen molar-refractivity contribution >= 4 is 48.9 Å². The fraction of sp³-hybridized carbons (Fsp3) is 0.556. The van der Waals surface area contributed by atoms with E-state index in [9.17, 15) is 8.42 Å². The summed E-state index contributed by atoms with van der Waals surface area (Å²) in [5.74, 6) is 0.